The molecular weight excluding hydrogens is 263 g/mol. The molecule has 0 aliphatic carbocycles. The first-order valence-corrected chi connectivity index (χ1v) is 5.81. The van der Waals surface area contributed by atoms with E-state index in [1.165, 1.54) is 45.3 Å². The molecule has 3 heteroatoms. The highest BCUT2D eigenvalue weighted by Crippen LogP contribution is 2.38. The third-order valence-electron chi connectivity index (χ3n) is 3.26. The average molecular weight is 280 g/mol. The third-order valence-corrected chi connectivity index (χ3v) is 4.76. The zero-order chi connectivity index (χ0) is 8.60. The molecule has 0 aromatic rings. The molecule has 12 heavy (non-hydrogen) atoms. The molecule has 2 saturated heterocycles. The SMILES string of the molecule is CN1CCCC2(CCCN2I)C1. The molecule has 1 spiro atoms. The summed E-state index contributed by atoms with van der Waals surface area (Å²) >= 11 is 2.52. The van der Waals surface area contributed by atoms with Crippen molar-refractivity contribution in [2.75, 3.05) is 26.7 Å². The molecule has 0 N–H and O–H groups in total. The first-order valence-electron chi connectivity index (χ1n) is 4.85. The molecule has 2 heterocycles. The van der Waals surface area contributed by atoms with Gasteiger partial charge in [0.2, 0.25) is 0 Å². The number of hydrogen-bond donors (Lipinski definition) is 0. The molecular formula is C9H17IN2. The quantitative estimate of drug-likeness (QED) is 0.494. The molecule has 1 atom stereocenters. The predicted molar refractivity (Wildman–Crippen MR) is 59.4 cm³/mol. The van der Waals surface area contributed by atoms with E-state index in [1.807, 2.05) is 0 Å². The van der Waals surface area contributed by atoms with E-state index in [1.54, 1.807) is 0 Å². The second-order valence-electron chi connectivity index (χ2n) is 4.25. The maximum absolute atomic E-state index is 2.56. The first-order chi connectivity index (χ1) is 5.73. The summed E-state index contributed by atoms with van der Waals surface area (Å²) in [6.07, 6.45) is 5.62. The van der Waals surface area contributed by atoms with E-state index in [9.17, 15) is 0 Å². The second kappa shape index (κ2) is 3.42. The van der Waals surface area contributed by atoms with Crippen LogP contribution in [0.25, 0.3) is 0 Å². The minimum absolute atomic E-state index is 0.549. The molecule has 0 radical (unpaired) electrons. The van der Waals surface area contributed by atoms with E-state index in [2.05, 4.69) is 37.9 Å². The molecule has 0 amide bonds. The molecule has 0 aromatic heterocycles. The van der Waals surface area contributed by atoms with Crippen molar-refractivity contribution in [2.24, 2.45) is 0 Å². The zero-order valence-corrected chi connectivity index (χ0v) is 9.88. The molecule has 2 fully saturated rings. The molecule has 2 nitrogen and oxygen atoms in total. The van der Waals surface area contributed by atoms with Gasteiger partial charge in [-0.1, -0.05) is 0 Å². The summed E-state index contributed by atoms with van der Waals surface area (Å²) in [5.41, 5.74) is 0.549. The Morgan fingerprint density at radius 1 is 1.17 bits per heavy atom. The van der Waals surface area contributed by atoms with Crippen LogP contribution in [0.15, 0.2) is 0 Å². The van der Waals surface area contributed by atoms with Gasteiger partial charge in [0.15, 0.2) is 0 Å². The minimum atomic E-state index is 0.549. The van der Waals surface area contributed by atoms with Crippen molar-refractivity contribution < 1.29 is 0 Å². The number of hydrogen-bond acceptors (Lipinski definition) is 2. The average Bonchev–Trinajstić information content (AvgIpc) is 2.33. The molecule has 0 aromatic carbocycles. The van der Waals surface area contributed by atoms with Gasteiger partial charge in [-0.3, -0.25) is 0 Å². The van der Waals surface area contributed by atoms with Crippen molar-refractivity contribution in [1.82, 2.24) is 8.01 Å². The highest BCUT2D eigenvalue weighted by Gasteiger charge is 2.41. The van der Waals surface area contributed by atoms with Gasteiger partial charge in [-0.25, -0.2) is 3.11 Å². The summed E-state index contributed by atoms with van der Waals surface area (Å²) in [4.78, 5) is 2.49. The fourth-order valence-corrected chi connectivity index (χ4v) is 3.62. The Balaban J connectivity index is 2.08. The maximum atomic E-state index is 2.56. The van der Waals surface area contributed by atoms with E-state index in [0.717, 1.165) is 0 Å². The van der Waals surface area contributed by atoms with Crippen LogP contribution >= 0.6 is 22.9 Å². The Bertz CT molecular complexity index is 174. The molecule has 2 rings (SSSR count). The Labute approximate surface area is 88.8 Å². The lowest BCUT2D eigenvalue weighted by atomic mass is 9.88. The number of nitrogens with zero attached hydrogens (tertiary/aromatic N) is 2. The standard InChI is InChI=1S/C9H17IN2/c1-11-6-2-4-9(8-11)5-3-7-12(9)10/h2-8H2,1H3. The van der Waals surface area contributed by atoms with E-state index in [-0.39, 0.29) is 0 Å². The highest BCUT2D eigenvalue weighted by atomic mass is 127. The van der Waals surface area contributed by atoms with Crippen LogP contribution in [-0.2, 0) is 0 Å². The van der Waals surface area contributed by atoms with Crippen LogP contribution in [0.5, 0.6) is 0 Å². The van der Waals surface area contributed by atoms with Gasteiger partial charge in [0.1, 0.15) is 0 Å². The van der Waals surface area contributed by atoms with Gasteiger partial charge in [0.05, 0.1) is 0 Å². The molecule has 2 aliphatic rings. The lowest BCUT2D eigenvalue weighted by Gasteiger charge is -2.42. The van der Waals surface area contributed by atoms with Crippen molar-refractivity contribution in [3.05, 3.63) is 0 Å². The molecule has 70 valence electrons. The lowest BCUT2D eigenvalue weighted by Crippen LogP contribution is -2.51. The van der Waals surface area contributed by atoms with E-state index < -0.39 is 0 Å². The number of halogens is 1. The second-order valence-corrected chi connectivity index (χ2v) is 5.42. The summed E-state index contributed by atoms with van der Waals surface area (Å²) in [6, 6.07) is 0. The third kappa shape index (κ3) is 1.51. The van der Waals surface area contributed by atoms with Gasteiger partial charge in [-0.05, 0) is 39.3 Å². The van der Waals surface area contributed by atoms with Crippen molar-refractivity contribution in [1.29, 1.82) is 0 Å². The summed E-state index contributed by atoms with van der Waals surface area (Å²) in [5.74, 6) is 0. The van der Waals surface area contributed by atoms with Crippen molar-refractivity contribution in [2.45, 2.75) is 31.2 Å². The van der Waals surface area contributed by atoms with Crippen LogP contribution in [0.1, 0.15) is 25.7 Å². The van der Waals surface area contributed by atoms with Crippen LogP contribution in [-0.4, -0.2) is 40.2 Å². The molecule has 0 saturated carbocycles. The van der Waals surface area contributed by atoms with Crippen LogP contribution in [0, 0.1) is 0 Å². The van der Waals surface area contributed by atoms with Crippen LogP contribution < -0.4 is 0 Å². The van der Waals surface area contributed by atoms with Crippen molar-refractivity contribution in [3.63, 3.8) is 0 Å². The van der Waals surface area contributed by atoms with E-state index in [4.69, 9.17) is 0 Å². The van der Waals surface area contributed by atoms with Crippen molar-refractivity contribution in [3.8, 4) is 0 Å². The first kappa shape index (κ1) is 9.21. The van der Waals surface area contributed by atoms with Crippen LogP contribution in [0.3, 0.4) is 0 Å². The van der Waals surface area contributed by atoms with Gasteiger partial charge >= 0.3 is 0 Å². The minimum Gasteiger partial charge on any atom is -0.304 e. The fourth-order valence-electron chi connectivity index (χ4n) is 2.65. The van der Waals surface area contributed by atoms with Gasteiger partial charge in [0, 0.05) is 41.5 Å². The predicted octanol–water partition coefficient (Wildman–Crippen LogP) is 1.90. The topological polar surface area (TPSA) is 6.48 Å². The summed E-state index contributed by atoms with van der Waals surface area (Å²) in [5, 5.41) is 0. The summed E-state index contributed by atoms with van der Waals surface area (Å²) in [6.45, 7) is 3.89. The number of piperidine rings is 1. The Morgan fingerprint density at radius 3 is 2.42 bits per heavy atom. The van der Waals surface area contributed by atoms with Gasteiger partial charge < -0.3 is 4.90 Å². The maximum Gasteiger partial charge on any atom is 0.0432 e. The molecule has 1 unspecified atom stereocenters. The highest BCUT2D eigenvalue weighted by molar-refractivity contribution is 14.1. The Morgan fingerprint density at radius 2 is 1.83 bits per heavy atom. The fraction of sp³-hybridized carbons (Fsp3) is 1.00. The van der Waals surface area contributed by atoms with E-state index >= 15 is 0 Å². The normalized spacial score (nSPS) is 39.5. The van der Waals surface area contributed by atoms with Crippen LogP contribution in [0.2, 0.25) is 0 Å². The van der Waals surface area contributed by atoms with Gasteiger partial charge in [-0.15, -0.1) is 0 Å². The molecule has 2 aliphatic heterocycles. The van der Waals surface area contributed by atoms with Crippen LogP contribution in [0.4, 0.5) is 0 Å². The monoisotopic (exact) mass is 280 g/mol. The molecule has 0 bridgehead atoms. The zero-order valence-electron chi connectivity index (χ0n) is 7.72. The summed E-state index contributed by atoms with van der Waals surface area (Å²) < 4.78 is 2.56. The Kier molecular flexibility index (Phi) is 2.63. The number of rotatable bonds is 0. The number of likely N-dealkylation sites (tertiary alicyclic amines) is 1. The van der Waals surface area contributed by atoms with E-state index in [0.29, 0.717) is 5.54 Å². The number of likely N-dealkylation sites (N-methyl/N-ethyl adjacent to an activating group) is 1. The largest absolute Gasteiger partial charge is 0.304 e. The van der Waals surface area contributed by atoms with Crippen molar-refractivity contribution >= 4 is 22.9 Å². The lowest BCUT2D eigenvalue weighted by molar-refractivity contribution is 0.123. The van der Waals surface area contributed by atoms with Gasteiger partial charge in [-0.2, -0.15) is 0 Å². The smallest absolute Gasteiger partial charge is 0.0432 e. The Hall–Kier alpha value is 0.650. The van der Waals surface area contributed by atoms with Gasteiger partial charge in [0.25, 0.3) is 0 Å². The summed E-state index contributed by atoms with van der Waals surface area (Å²) in [7, 11) is 2.25.